The molecular formula is C36H37N4O3S+. The van der Waals surface area contributed by atoms with Crippen LogP contribution in [0.25, 0.3) is 21.9 Å². The van der Waals surface area contributed by atoms with Crippen molar-refractivity contribution in [3.8, 4) is 11.1 Å². The summed E-state index contributed by atoms with van der Waals surface area (Å²) in [5.41, 5.74) is 11.7. The minimum absolute atomic E-state index is 0.101. The van der Waals surface area contributed by atoms with Crippen molar-refractivity contribution in [3.05, 3.63) is 137 Å². The second-order valence-corrected chi connectivity index (χ2v) is 13.4. The minimum Gasteiger partial charge on any atom is -0.627 e. The molecule has 224 valence electrons. The Morgan fingerprint density at radius 3 is 2.57 bits per heavy atom. The topological polar surface area (TPSA) is 102 Å². The van der Waals surface area contributed by atoms with Crippen LogP contribution in [0.1, 0.15) is 16.7 Å². The Balaban J connectivity index is 1.29. The van der Waals surface area contributed by atoms with Crippen molar-refractivity contribution < 1.29 is 8.76 Å². The van der Waals surface area contributed by atoms with Gasteiger partial charge in [-0.3, -0.25) is 4.90 Å². The van der Waals surface area contributed by atoms with Crippen LogP contribution in [0.3, 0.4) is 0 Å². The average molecular weight is 606 g/mol. The highest BCUT2D eigenvalue weighted by molar-refractivity contribution is 7.95. The SMILES string of the molecule is Cc1ccc2cc([S+](=O)(O)NC3CN(Cc4c#cccc4)CC[N+]([O-])(c4ccc(-c5ccccc5CN)cc4)C3)ccc2c1. The predicted octanol–water partition coefficient (Wildman–Crippen LogP) is 6.10. The fraction of sp³-hybridized carbons (Fsp3) is 0.222. The molecule has 0 aromatic heterocycles. The Bertz CT molecular complexity index is 1800. The van der Waals surface area contributed by atoms with Crippen molar-refractivity contribution in [1.29, 1.82) is 0 Å². The summed E-state index contributed by atoms with van der Waals surface area (Å²) in [6, 6.07) is 38.3. The van der Waals surface area contributed by atoms with E-state index < -0.39 is 21.1 Å². The van der Waals surface area contributed by atoms with Crippen molar-refractivity contribution >= 4 is 26.9 Å². The monoisotopic (exact) mass is 605 g/mol. The number of nitrogens with two attached hydrogens (primary N) is 1. The number of hydrogen-bond donors (Lipinski definition) is 3. The second kappa shape index (κ2) is 12.6. The normalized spacial score (nSPS) is 20.5. The minimum atomic E-state index is -3.66. The standard InChI is InChI=1S/C36H36N4O3S/c1-27-11-12-31-22-35(18-15-30(31)21-27)44(42,43)38-33-25-39(24-28-7-3-2-4-8-28)19-20-40(41,26-33)34-16-13-29(14-17-34)36-10-6-5-9-32(36)23-37/h2-3,5-7,9-18,21-22,33H,19-20,23-26,37H2,1H3,(H-,38,42,43)/p+1. The first kappa shape index (κ1) is 30.1. The van der Waals surface area contributed by atoms with Crippen LogP contribution in [-0.2, 0) is 27.7 Å². The molecule has 0 bridgehead atoms. The van der Waals surface area contributed by atoms with Gasteiger partial charge in [-0.05, 0) is 75.0 Å². The van der Waals surface area contributed by atoms with Gasteiger partial charge < -0.3 is 15.6 Å². The molecule has 0 radical (unpaired) electrons. The molecule has 44 heavy (non-hydrogen) atoms. The van der Waals surface area contributed by atoms with Crippen LogP contribution in [0.2, 0.25) is 0 Å². The van der Waals surface area contributed by atoms with Gasteiger partial charge in [0, 0.05) is 49.9 Å². The lowest BCUT2D eigenvalue weighted by Crippen LogP contribution is -2.54. The fourth-order valence-corrected chi connectivity index (χ4v) is 7.36. The van der Waals surface area contributed by atoms with E-state index in [1.54, 1.807) is 18.2 Å². The molecule has 3 atom stereocenters. The molecule has 0 amide bonds. The lowest BCUT2D eigenvalue weighted by atomic mass is 9.99. The highest BCUT2D eigenvalue weighted by Crippen LogP contribution is 2.31. The van der Waals surface area contributed by atoms with Gasteiger partial charge in [0.15, 0.2) is 0 Å². The number of aryl methyl sites for hydroxylation is 1. The third-order valence-electron chi connectivity index (χ3n) is 8.37. The number of nitrogens with one attached hydrogen (secondary N) is 1. The predicted molar refractivity (Wildman–Crippen MR) is 179 cm³/mol. The Labute approximate surface area is 260 Å². The first-order valence-corrected chi connectivity index (χ1v) is 16.3. The quantitative estimate of drug-likeness (QED) is 0.113. The molecular weight excluding hydrogens is 568 g/mol. The molecule has 7 nitrogen and oxygen atoms in total. The largest absolute Gasteiger partial charge is 0.627 e. The molecule has 5 aromatic carbocycles. The molecule has 8 heteroatoms. The first-order chi connectivity index (χ1) is 21.2. The number of quaternary nitrogens is 1. The number of nitrogens with zero attached hydrogens (tertiary/aromatic N) is 2. The van der Waals surface area contributed by atoms with Crippen molar-refractivity contribution in [2.24, 2.45) is 5.73 Å². The van der Waals surface area contributed by atoms with Crippen LogP contribution in [0.5, 0.6) is 0 Å². The van der Waals surface area contributed by atoms with Crippen LogP contribution in [0.15, 0.2) is 108 Å². The van der Waals surface area contributed by atoms with Gasteiger partial charge >= 0.3 is 10.4 Å². The van der Waals surface area contributed by atoms with Gasteiger partial charge in [0.05, 0.1) is 6.54 Å². The molecule has 5 aromatic rings. The van der Waals surface area contributed by atoms with Crippen LogP contribution in [0.4, 0.5) is 5.69 Å². The first-order valence-electron chi connectivity index (χ1n) is 14.8. The van der Waals surface area contributed by atoms with E-state index >= 15 is 0 Å². The molecule has 4 N–H and O–H groups in total. The molecule has 3 unspecified atom stereocenters. The van der Waals surface area contributed by atoms with Crippen molar-refractivity contribution in [2.75, 3.05) is 26.2 Å². The number of rotatable bonds is 8. The maximum atomic E-state index is 14.6. The van der Waals surface area contributed by atoms with Gasteiger partial charge in [-0.15, -0.1) is 0 Å². The van der Waals surface area contributed by atoms with E-state index in [1.165, 1.54) is 0 Å². The summed E-state index contributed by atoms with van der Waals surface area (Å²) in [5.74, 6) is 0. The molecule has 0 saturated carbocycles. The summed E-state index contributed by atoms with van der Waals surface area (Å²) in [7, 11) is -3.66. The molecule has 6 rings (SSSR count). The average Bonchev–Trinajstić information content (AvgIpc) is 3.19. The Hall–Kier alpha value is -3.91. The molecule has 1 fully saturated rings. The highest BCUT2D eigenvalue weighted by atomic mass is 32.3. The smallest absolute Gasteiger partial charge is 0.323 e. The van der Waals surface area contributed by atoms with Crippen molar-refractivity contribution in [1.82, 2.24) is 14.3 Å². The number of benzene rings is 4. The molecule has 0 spiro atoms. The van der Waals surface area contributed by atoms with Crippen LogP contribution in [-0.4, -0.2) is 41.7 Å². The second-order valence-electron chi connectivity index (χ2n) is 11.6. The Morgan fingerprint density at radius 2 is 1.80 bits per heavy atom. The zero-order chi connectivity index (χ0) is 30.7. The lowest BCUT2D eigenvalue weighted by molar-refractivity contribution is 0.264. The number of hydrogen-bond acceptors (Lipinski definition) is 4. The fourth-order valence-electron chi connectivity index (χ4n) is 6.09. The van der Waals surface area contributed by atoms with E-state index in [9.17, 15) is 14.0 Å². The van der Waals surface area contributed by atoms with Crippen LogP contribution < -0.4 is 15.1 Å². The summed E-state index contributed by atoms with van der Waals surface area (Å²) >= 11 is 0. The number of hydroxylamine groups is 2. The summed E-state index contributed by atoms with van der Waals surface area (Å²) in [6.45, 7) is 4.36. The van der Waals surface area contributed by atoms with E-state index in [4.69, 9.17) is 5.73 Å². The van der Waals surface area contributed by atoms with Gasteiger partial charge in [-0.2, -0.15) is 4.55 Å². The maximum Gasteiger partial charge on any atom is 0.323 e. The zero-order valence-electron chi connectivity index (χ0n) is 24.8. The van der Waals surface area contributed by atoms with Gasteiger partial charge in [-0.25, -0.2) is 0 Å². The summed E-state index contributed by atoms with van der Waals surface area (Å²) in [4.78, 5) is 2.45. The third kappa shape index (κ3) is 6.60. The summed E-state index contributed by atoms with van der Waals surface area (Å²) in [6.07, 6.45) is 0. The number of fused-ring (bicyclic) bond motifs is 1. The Morgan fingerprint density at radius 1 is 1.02 bits per heavy atom. The molecule has 1 aliphatic rings. The Kier molecular flexibility index (Phi) is 8.63. The third-order valence-corrected chi connectivity index (χ3v) is 9.92. The van der Waals surface area contributed by atoms with Gasteiger partial charge in [-0.1, -0.05) is 70.9 Å². The molecule has 1 saturated heterocycles. The van der Waals surface area contributed by atoms with Crippen molar-refractivity contribution in [2.45, 2.75) is 31.0 Å². The highest BCUT2D eigenvalue weighted by Gasteiger charge is 2.39. The van der Waals surface area contributed by atoms with Crippen molar-refractivity contribution in [3.63, 3.8) is 0 Å². The van der Waals surface area contributed by atoms with Crippen LogP contribution in [0, 0.1) is 24.3 Å². The van der Waals surface area contributed by atoms with E-state index in [2.05, 4.69) is 27.8 Å². The van der Waals surface area contributed by atoms with Crippen LogP contribution >= 0.6 is 0 Å². The lowest BCUT2D eigenvalue weighted by Gasteiger charge is -2.42. The van der Waals surface area contributed by atoms with E-state index in [0.29, 0.717) is 43.3 Å². The summed E-state index contributed by atoms with van der Waals surface area (Å²) in [5, 5.41) is 16.5. The van der Waals surface area contributed by atoms with Gasteiger partial charge in [0.2, 0.25) is 4.90 Å². The van der Waals surface area contributed by atoms with Gasteiger partial charge in [0.1, 0.15) is 18.3 Å². The molecule has 0 aliphatic carbocycles. The van der Waals surface area contributed by atoms with E-state index in [1.807, 2.05) is 85.8 Å². The summed E-state index contributed by atoms with van der Waals surface area (Å²) < 4.78 is 27.6. The van der Waals surface area contributed by atoms with Gasteiger partial charge in [0.25, 0.3) is 0 Å². The molecule has 1 heterocycles. The molecule has 1 aliphatic heterocycles. The van der Waals surface area contributed by atoms with E-state index in [-0.39, 0.29) is 6.54 Å². The van der Waals surface area contributed by atoms with E-state index in [0.717, 1.165) is 38.6 Å². The zero-order valence-corrected chi connectivity index (χ0v) is 25.6. The maximum absolute atomic E-state index is 14.6.